The van der Waals surface area contributed by atoms with Crippen molar-refractivity contribution in [1.29, 1.82) is 0 Å². The standard InChI is InChI=1S/C17H32N2O/c1-18-16(14-9-5-3-6-10-14)17(19(2)13-20)15-11-7-4-8-12-15/h13-18H,3-12H2,1-2H3/t16-,17+/m0/s1. The van der Waals surface area contributed by atoms with Gasteiger partial charge in [-0.15, -0.1) is 0 Å². The molecule has 3 heteroatoms. The summed E-state index contributed by atoms with van der Waals surface area (Å²) in [7, 11) is 4.08. The molecule has 2 rings (SSSR count). The molecule has 0 heterocycles. The molecule has 0 aliphatic heterocycles. The van der Waals surface area contributed by atoms with E-state index in [0.717, 1.165) is 12.3 Å². The zero-order valence-electron chi connectivity index (χ0n) is 13.3. The lowest BCUT2D eigenvalue weighted by Crippen LogP contribution is -2.55. The van der Waals surface area contributed by atoms with E-state index < -0.39 is 0 Å². The lowest BCUT2D eigenvalue weighted by molar-refractivity contribution is -0.121. The first-order valence-electron chi connectivity index (χ1n) is 8.62. The third kappa shape index (κ3) is 3.75. The number of likely N-dealkylation sites (N-methyl/N-ethyl adjacent to an activating group) is 2. The van der Waals surface area contributed by atoms with Gasteiger partial charge in [0.15, 0.2) is 0 Å². The molecular formula is C17H32N2O. The van der Waals surface area contributed by atoms with E-state index in [4.69, 9.17) is 0 Å². The molecule has 0 aromatic rings. The van der Waals surface area contributed by atoms with Crippen molar-refractivity contribution in [3.05, 3.63) is 0 Å². The maximum atomic E-state index is 11.4. The van der Waals surface area contributed by atoms with Crippen LogP contribution in [0, 0.1) is 11.8 Å². The summed E-state index contributed by atoms with van der Waals surface area (Å²) in [4.78, 5) is 13.4. The molecule has 0 radical (unpaired) electrons. The lowest BCUT2D eigenvalue weighted by Gasteiger charge is -2.44. The molecule has 2 atom stereocenters. The van der Waals surface area contributed by atoms with Crippen LogP contribution >= 0.6 is 0 Å². The van der Waals surface area contributed by atoms with E-state index in [2.05, 4.69) is 12.4 Å². The summed E-state index contributed by atoms with van der Waals surface area (Å²) < 4.78 is 0. The predicted octanol–water partition coefficient (Wildman–Crippen LogP) is 3.19. The second-order valence-electron chi connectivity index (χ2n) is 6.87. The Bertz CT molecular complexity index is 283. The number of rotatable bonds is 6. The smallest absolute Gasteiger partial charge is 0.209 e. The molecule has 1 N–H and O–H groups in total. The first-order valence-corrected chi connectivity index (χ1v) is 8.62. The topological polar surface area (TPSA) is 32.3 Å². The molecule has 0 saturated heterocycles. The molecule has 116 valence electrons. The molecule has 0 aromatic heterocycles. The highest BCUT2D eigenvalue weighted by Crippen LogP contribution is 2.35. The predicted molar refractivity (Wildman–Crippen MR) is 83.6 cm³/mol. The summed E-state index contributed by atoms with van der Waals surface area (Å²) in [6.45, 7) is 0. The van der Waals surface area contributed by atoms with Crippen molar-refractivity contribution in [1.82, 2.24) is 10.2 Å². The van der Waals surface area contributed by atoms with Gasteiger partial charge in [0, 0.05) is 19.1 Å². The van der Waals surface area contributed by atoms with Crippen molar-refractivity contribution in [3.63, 3.8) is 0 Å². The monoisotopic (exact) mass is 280 g/mol. The number of carbonyl (C=O) groups excluding carboxylic acids is 1. The molecule has 20 heavy (non-hydrogen) atoms. The Labute approximate surface area is 124 Å². The van der Waals surface area contributed by atoms with Crippen LogP contribution < -0.4 is 5.32 Å². The molecule has 2 aliphatic rings. The Kier molecular flexibility index (Phi) is 6.34. The zero-order chi connectivity index (χ0) is 14.4. The number of hydrogen-bond donors (Lipinski definition) is 1. The van der Waals surface area contributed by atoms with Crippen molar-refractivity contribution in [3.8, 4) is 0 Å². The first kappa shape index (κ1) is 15.8. The fourth-order valence-corrected chi connectivity index (χ4v) is 4.60. The summed E-state index contributed by atoms with van der Waals surface area (Å²) in [5.41, 5.74) is 0. The van der Waals surface area contributed by atoms with E-state index in [9.17, 15) is 4.79 Å². The minimum Gasteiger partial charge on any atom is -0.343 e. The van der Waals surface area contributed by atoms with Gasteiger partial charge in [0.2, 0.25) is 6.41 Å². The van der Waals surface area contributed by atoms with E-state index in [1.165, 1.54) is 64.2 Å². The van der Waals surface area contributed by atoms with Gasteiger partial charge in [0.05, 0.1) is 0 Å². The molecular weight excluding hydrogens is 248 g/mol. The fourth-order valence-electron chi connectivity index (χ4n) is 4.60. The first-order chi connectivity index (χ1) is 9.77. The SMILES string of the molecule is CN[C@@H](C1CCCCC1)[C@@H](C1CCCCC1)N(C)C=O. The van der Waals surface area contributed by atoms with Gasteiger partial charge in [-0.3, -0.25) is 4.79 Å². The van der Waals surface area contributed by atoms with Crippen LogP contribution in [0.15, 0.2) is 0 Å². The van der Waals surface area contributed by atoms with Gasteiger partial charge >= 0.3 is 0 Å². The number of nitrogens with zero attached hydrogens (tertiary/aromatic N) is 1. The van der Waals surface area contributed by atoms with Crippen LogP contribution in [0.3, 0.4) is 0 Å². The van der Waals surface area contributed by atoms with Crippen LogP contribution in [-0.2, 0) is 4.79 Å². The highest BCUT2D eigenvalue weighted by atomic mass is 16.1. The minimum atomic E-state index is 0.390. The van der Waals surface area contributed by atoms with Crippen LogP contribution in [-0.4, -0.2) is 37.5 Å². The van der Waals surface area contributed by atoms with Crippen LogP contribution in [0.2, 0.25) is 0 Å². The largest absolute Gasteiger partial charge is 0.343 e. The third-order valence-electron chi connectivity index (χ3n) is 5.63. The van der Waals surface area contributed by atoms with E-state index >= 15 is 0 Å². The highest BCUT2D eigenvalue weighted by Gasteiger charge is 2.37. The molecule has 2 aliphatic carbocycles. The number of hydrogen-bond acceptors (Lipinski definition) is 2. The molecule has 1 amide bonds. The van der Waals surface area contributed by atoms with Crippen molar-refractivity contribution in [2.75, 3.05) is 14.1 Å². The molecule has 2 fully saturated rings. The second kappa shape index (κ2) is 8.02. The van der Waals surface area contributed by atoms with E-state index in [0.29, 0.717) is 18.0 Å². The van der Waals surface area contributed by atoms with Gasteiger partial charge in [0.1, 0.15) is 0 Å². The van der Waals surface area contributed by atoms with Gasteiger partial charge in [-0.2, -0.15) is 0 Å². The Morgan fingerprint density at radius 3 is 1.90 bits per heavy atom. The maximum absolute atomic E-state index is 11.4. The van der Waals surface area contributed by atoms with Crippen molar-refractivity contribution in [2.45, 2.75) is 76.3 Å². The lowest BCUT2D eigenvalue weighted by atomic mass is 9.73. The Hall–Kier alpha value is -0.570. The summed E-state index contributed by atoms with van der Waals surface area (Å²) >= 11 is 0. The van der Waals surface area contributed by atoms with Crippen molar-refractivity contribution in [2.24, 2.45) is 11.8 Å². The Balaban J connectivity index is 2.11. The van der Waals surface area contributed by atoms with Crippen LogP contribution in [0.25, 0.3) is 0 Å². The Morgan fingerprint density at radius 1 is 0.950 bits per heavy atom. The van der Waals surface area contributed by atoms with E-state index in [1.807, 2.05) is 11.9 Å². The average molecular weight is 280 g/mol. The summed E-state index contributed by atoms with van der Waals surface area (Å²) in [5.74, 6) is 1.45. The van der Waals surface area contributed by atoms with Crippen LogP contribution in [0.4, 0.5) is 0 Å². The van der Waals surface area contributed by atoms with Gasteiger partial charge in [-0.25, -0.2) is 0 Å². The van der Waals surface area contributed by atoms with Crippen LogP contribution in [0.1, 0.15) is 64.2 Å². The van der Waals surface area contributed by atoms with Crippen molar-refractivity contribution >= 4 is 6.41 Å². The van der Waals surface area contributed by atoms with Gasteiger partial charge in [-0.1, -0.05) is 38.5 Å². The van der Waals surface area contributed by atoms with E-state index in [-0.39, 0.29) is 0 Å². The van der Waals surface area contributed by atoms with Crippen molar-refractivity contribution < 1.29 is 4.79 Å². The molecule has 0 bridgehead atoms. The normalized spacial score (nSPS) is 25.1. The number of amides is 1. The molecule has 0 unspecified atom stereocenters. The van der Waals surface area contributed by atoms with E-state index in [1.54, 1.807) is 0 Å². The summed E-state index contributed by atoms with van der Waals surface area (Å²) in [5, 5.41) is 3.58. The molecule has 0 spiro atoms. The molecule has 2 saturated carbocycles. The maximum Gasteiger partial charge on any atom is 0.209 e. The summed E-state index contributed by atoms with van der Waals surface area (Å²) in [6, 6.07) is 0.870. The Morgan fingerprint density at radius 2 is 1.45 bits per heavy atom. The summed E-state index contributed by atoms with van der Waals surface area (Å²) in [6.07, 6.45) is 14.5. The van der Waals surface area contributed by atoms with Crippen LogP contribution in [0.5, 0.6) is 0 Å². The van der Waals surface area contributed by atoms with Gasteiger partial charge in [0.25, 0.3) is 0 Å². The second-order valence-corrected chi connectivity index (χ2v) is 6.87. The third-order valence-corrected chi connectivity index (χ3v) is 5.63. The zero-order valence-corrected chi connectivity index (χ0v) is 13.3. The highest BCUT2D eigenvalue weighted by molar-refractivity contribution is 5.47. The van der Waals surface area contributed by atoms with Gasteiger partial charge < -0.3 is 10.2 Å². The van der Waals surface area contributed by atoms with Gasteiger partial charge in [-0.05, 0) is 44.6 Å². The minimum absolute atomic E-state index is 0.390. The fraction of sp³-hybridized carbons (Fsp3) is 0.941. The quantitative estimate of drug-likeness (QED) is 0.758. The number of nitrogens with one attached hydrogen (secondary N) is 1. The number of carbonyl (C=O) groups is 1. The average Bonchev–Trinajstić information content (AvgIpc) is 2.53. The molecule has 3 nitrogen and oxygen atoms in total. The molecule has 0 aromatic carbocycles.